The van der Waals surface area contributed by atoms with Crippen molar-refractivity contribution in [1.29, 1.82) is 0 Å². The van der Waals surface area contributed by atoms with Gasteiger partial charge in [-0.05, 0) is 44.6 Å². The Morgan fingerprint density at radius 2 is 1.89 bits per heavy atom. The van der Waals surface area contributed by atoms with E-state index in [1.165, 1.54) is 44.9 Å². The molecule has 2 heteroatoms. The van der Waals surface area contributed by atoms with Crippen LogP contribution in [0.15, 0.2) is 0 Å². The van der Waals surface area contributed by atoms with Crippen molar-refractivity contribution in [1.82, 2.24) is 5.32 Å². The predicted molar refractivity (Wildman–Crippen MR) is 76.8 cm³/mol. The molecule has 1 aliphatic heterocycles. The zero-order valence-electron chi connectivity index (χ0n) is 12.5. The molecule has 2 rings (SSSR count). The van der Waals surface area contributed by atoms with Gasteiger partial charge in [0.25, 0.3) is 0 Å². The average molecular weight is 253 g/mol. The summed E-state index contributed by atoms with van der Waals surface area (Å²) in [6, 6.07) is 0.602. The highest BCUT2D eigenvalue weighted by molar-refractivity contribution is 4.92. The Morgan fingerprint density at radius 1 is 1.11 bits per heavy atom. The van der Waals surface area contributed by atoms with Gasteiger partial charge < -0.3 is 10.1 Å². The molecule has 0 aromatic heterocycles. The molecular weight excluding hydrogens is 222 g/mol. The molecule has 18 heavy (non-hydrogen) atoms. The lowest BCUT2D eigenvalue weighted by molar-refractivity contribution is 0.00117. The van der Waals surface area contributed by atoms with E-state index in [2.05, 4.69) is 26.1 Å². The third kappa shape index (κ3) is 3.27. The number of hydrogen-bond acceptors (Lipinski definition) is 2. The van der Waals surface area contributed by atoms with Crippen LogP contribution in [0.4, 0.5) is 0 Å². The maximum absolute atomic E-state index is 6.16. The van der Waals surface area contributed by atoms with Gasteiger partial charge in [0.1, 0.15) is 0 Å². The molecule has 1 saturated heterocycles. The molecule has 106 valence electrons. The molecule has 2 fully saturated rings. The summed E-state index contributed by atoms with van der Waals surface area (Å²) in [7, 11) is 0. The number of nitrogens with one attached hydrogen (secondary N) is 1. The van der Waals surface area contributed by atoms with Crippen LogP contribution in [0.2, 0.25) is 0 Å². The van der Waals surface area contributed by atoms with Crippen LogP contribution in [-0.2, 0) is 4.74 Å². The Labute approximate surface area is 113 Å². The molecule has 2 nitrogen and oxygen atoms in total. The fourth-order valence-electron chi connectivity index (χ4n) is 4.11. The first-order valence-electron chi connectivity index (χ1n) is 8.15. The molecule has 1 aliphatic carbocycles. The van der Waals surface area contributed by atoms with E-state index in [1.807, 2.05) is 0 Å². The maximum Gasteiger partial charge on any atom is 0.0735 e. The topological polar surface area (TPSA) is 21.3 Å². The SMILES string of the molecule is CCNC(C1CCC(C)O1)C1CCCCC1CC. The van der Waals surface area contributed by atoms with Gasteiger partial charge in [-0.15, -0.1) is 0 Å². The van der Waals surface area contributed by atoms with Crippen molar-refractivity contribution in [3.63, 3.8) is 0 Å². The third-order valence-corrected chi connectivity index (χ3v) is 5.06. The third-order valence-electron chi connectivity index (χ3n) is 5.06. The van der Waals surface area contributed by atoms with Gasteiger partial charge in [0.05, 0.1) is 12.2 Å². The van der Waals surface area contributed by atoms with Crippen LogP contribution in [0.3, 0.4) is 0 Å². The average Bonchev–Trinajstić information content (AvgIpc) is 2.82. The molecule has 5 atom stereocenters. The summed E-state index contributed by atoms with van der Waals surface area (Å²) in [6.07, 6.45) is 10.5. The van der Waals surface area contributed by atoms with E-state index >= 15 is 0 Å². The Kier molecular flexibility index (Phi) is 5.50. The highest BCUT2D eigenvalue weighted by Gasteiger charge is 2.38. The molecule has 1 heterocycles. The molecule has 0 bridgehead atoms. The van der Waals surface area contributed by atoms with Crippen molar-refractivity contribution in [3.05, 3.63) is 0 Å². The predicted octanol–water partition coefficient (Wildman–Crippen LogP) is 3.75. The summed E-state index contributed by atoms with van der Waals surface area (Å²) in [5.41, 5.74) is 0. The molecule has 5 unspecified atom stereocenters. The summed E-state index contributed by atoms with van der Waals surface area (Å²) in [6.45, 7) is 7.90. The van der Waals surface area contributed by atoms with Crippen LogP contribution in [0, 0.1) is 11.8 Å². The summed E-state index contributed by atoms with van der Waals surface area (Å²) in [5, 5.41) is 3.75. The summed E-state index contributed by atoms with van der Waals surface area (Å²) < 4.78 is 6.16. The van der Waals surface area contributed by atoms with Crippen molar-refractivity contribution < 1.29 is 4.74 Å². The van der Waals surface area contributed by atoms with Crippen LogP contribution >= 0.6 is 0 Å². The van der Waals surface area contributed by atoms with Gasteiger partial charge in [-0.2, -0.15) is 0 Å². The normalized spacial score (nSPS) is 38.8. The van der Waals surface area contributed by atoms with Gasteiger partial charge in [-0.25, -0.2) is 0 Å². The lowest BCUT2D eigenvalue weighted by Crippen LogP contribution is -2.48. The highest BCUT2D eigenvalue weighted by Crippen LogP contribution is 2.38. The van der Waals surface area contributed by atoms with Crippen molar-refractivity contribution >= 4 is 0 Å². The fourth-order valence-corrected chi connectivity index (χ4v) is 4.11. The van der Waals surface area contributed by atoms with Crippen LogP contribution in [0.1, 0.15) is 65.7 Å². The summed E-state index contributed by atoms with van der Waals surface area (Å²) in [5.74, 6) is 1.77. The van der Waals surface area contributed by atoms with Crippen LogP contribution in [-0.4, -0.2) is 24.8 Å². The molecule has 0 aromatic carbocycles. The molecule has 1 saturated carbocycles. The van der Waals surface area contributed by atoms with Crippen molar-refractivity contribution in [2.45, 2.75) is 84.0 Å². The van der Waals surface area contributed by atoms with Gasteiger partial charge >= 0.3 is 0 Å². The smallest absolute Gasteiger partial charge is 0.0735 e. The summed E-state index contributed by atoms with van der Waals surface area (Å²) >= 11 is 0. The van der Waals surface area contributed by atoms with E-state index < -0.39 is 0 Å². The lowest BCUT2D eigenvalue weighted by Gasteiger charge is -2.39. The Hall–Kier alpha value is -0.0800. The van der Waals surface area contributed by atoms with E-state index in [1.54, 1.807) is 0 Å². The van der Waals surface area contributed by atoms with Crippen molar-refractivity contribution in [2.24, 2.45) is 11.8 Å². The van der Waals surface area contributed by atoms with E-state index in [9.17, 15) is 0 Å². The van der Waals surface area contributed by atoms with Gasteiger partial charge in [-0.3, -0.25) is 0 Å². The second-order valence-corrected chi connectivity index (χ2v) is 6.26. The van der Waals surface area contributed by atoms with E-state index in [-0.39, 0.29) is 0 Å². The quantitative estimate of drug-likeness (QED) is 0.805. The number of likely N-dealkylation sites (N-methyl/N-ethyl adjacent to an activating group) is 1. The number of hydrogen-bond donors (Lipinski definition) is 1. The largest absolute Gasteiger partial charge is 0.374 e. The van der Waals surface area contributed by atoms with E-state index in [4.69, 9.17) is 4.74 Å². The molecular formula is C16H31NO. The van der Waals surface area contributed by atoms with Crippen molar-refractivity contribution in [2.75, 3.05) is 6.54 Å². The monoisotopic (exact) mass is 253 g/mol. The molecule has 0 aromatic rings. The molecule has 0 amide bonds. The zero-order chi connectivity index (χ0) is 13.0. The Morgan fingerprint density at radius 3 is 2.50 bits per heavy atom. The fraction of sp³-hybridized carbons (Fsp3) is 1.00. The first kappa shape index (κ1) is 14.3. The number of ether oxygens (including phenoxy) is 1. The van der Waals surface area contributed by atoms with Crippen LogP contribution < -0.4 is 5.32 Å². The molecule has 1 N–H and O–H groups in total. The molecule has 0 spiro atoms. The van der Waals surface area contributed by atoms with Crippen LogP contribution in [0.25, 0.3) is 0 Å². The van der Waals surface area contributed by atoms with Gasteiger partial charge in [-0.1, -0.05) is 39.5 Å². The number of rotatable bonds is 5. The minimum Gasteiger partial charge on any atom is -0.374 e. The lowest BCUT2D eigenvalue weighted by atomic mass is 9.72. The van der Waals surface area contributed by atoms with Gasteiger partial charge in [0, 0.05) is 6.04 Å². The minimum absolute atomic E-state index is 0.470. The van der Waals surface area contributed by atoms with E-state index in [0.29, 0.717) is 18.2 Å². The van der Waals surface area contributed by atoms with Crippen LogP contribution in [0.5, 0.6) is 0 Å². The first-order valence-corrected chi connectivity index (χ1v) is 8.15. The zero-order valence-corrected chi connectivity index (χ0v) is 12.5. The van der Waals surface area contributed by atoms with Gasteiger partial charge in [0.15, 0.2) is 0 Å². The standard InChI is InChI=1S/C16H31NO/c1-4-13-8-6-7-9-14(13)16(17-5-2)15-11-10-12(3)18-15/h12-17H,4-11H2,1-3H3. The van der Waals surface area contributed by atoms with Gasteiger partial charge in [0.2, 0.25) is 0 Å². The highest BCUT2D eigenvalue weighted by atomic mass is 16.5. The first-order chi connectivity index (χ1) is 8.76. The Balaban J connectivity index is 2.02. The Bertz CT molecular complexity index is 243. The maximum atomic E-state index is 6.16. The van der Waals surface area contributed by atoms with E-state index in [0.717, 1.165) is 18.4 Å². The summed E-state index contributed by atoms with van der Waals surface area (Å²) in [4.78, 5) is 0. The molecule has 2 aliphatic rings. The molecule has 0 radical (unpaired) electrons. The minimum atomic E-state index is 0.470. The second kappa shape index (κ2) is 6.91. The second-order valence-electron chi connectivity index (χ2n) is 6.26. The van der Waals surface area contributed by atoms with Crippen molar-refractivity contribution in [3.8, 4) is 0 Å².